The predicted octanol–water partition coefficient (Wildman–Crippen LogP) is 0.877. The molecule has 3 heteroatoms. The van der Waals surface area contributed by atoms with E-state index in [9.17, 15) is 4.79 Å². The Morgan fingerprint density at radius 1 is 1.54 bits per heavy atom. The van der Waals surface area contributed by atoms with E-state index in [4.69, 9.17) is 5.73 Å². The third-order valence-electron chi connectivity index (χ3n) is 3.39. The minimum absolute atomic E-state index is 0.0713. The number of fused-ring (bicyclic) bond motifs is 1. The van der Waals surface area contributed by atoms with Gasteiger partial charge in [-0.1, -0.05) is 0 Å². The average molecular weight is 182 g/mol. The molecule has 2 rings (SSSR count). The van der Waals surface area contributed by atoms with E-state index in [1.165, 1.54) is 0 Å². The summed E-state index contributed by atoms with van der Waals surface area (Å²) in [6, 6.07) is 0.522. The first-order valence-electron chi connectivity index (χ1n) is 5.08. The lowest BCUT2D eigenvalue weighted by atomic mass is 9.97. The average Bonchev–Trinajstić information content (AvgIpc) is 2.26. The number of hydrogen-bond acceptors (Lipinski definition) is 2. The Balaban J connectivity index is 2.21. The quantitative estimate of drug-likeness (QED) is 0.604. The molecule has 2 fully saturated rings. The Bertz CT molecular complexity index is 237. The molecule has 0 radical (unpaired) electrons. The van der Waals surface area contributed by atoms with Gasteiger partial charge in [-0.05, 0) is 33.1 Å². The van der Waals surface area contributed by atoms with Crippen molar-refractivity contribution in [3.8, 4) is 0 Å². The second-order valence-electron chi connectivity index (χ2n) is 4.97. The van der Waals surface area contributed by atoms with Crippen molar-refractivity contribution < 1.29 is 4.79 Å². The van der Waals surface area contributed by atoms with Crippen molar-refractivity contribution in [1.29, 1.82) is 0 Å². The summed E-state index contributed by atoms with van der Waals surface area (Å²) in [5.41, 5.74) is 5.89. The Labute approximate surface area is 79.3 Å². The number of rotatable bonds is 0. The summed E-state index contributed by atoms with van der Waals surface area (Å²) < 4.78 is 0. The van der Waals surface area contributed by atoms with E-state index in [2.05, 4.69) is 18.7 Å². The van der Waals surface area contributed by atoms with Gasteiger partial charge < -0.3 is 10.6 Å². The maximum atomic E-state index is 11.7. The third-order valence-corrected chi connectivity index (χ3v) is 3.39. The summed E-state index contributed by atoms with van der Waals surface area (Å²) in [6.45, 7) is 4.31. The molecule has 0 aromatic rings. The van der Waals surface area contributed by atoms with Crippen LogP contribution in [-0.2, 0) is 4.79 Å². The van der Waals surface area contributed by atoms with E-state index in [0.29, 0.717) is 12.5 Å². The second kappa shape index (κ2) is 2.71. The zero-order valence-corrected chi connectivity index (χ0v) is 8.42. The molecule has 2 aliphatic heterocycles. The lowest BCUT2D eigenvalue weighted by Gasteiger charge is -2.40. The normalized spacial score (nSPS) is 37.8. The van der Waals surface area contributed by atoms with Gasteiger partial charge in [0.2, 0.25) is 5.91 Å². The van der Waals surface area contributed by atoms with Gasteiger partial charge in [-0.25, -0.2) is 0 Å². The molecule has 0 aromatic heterocycles. The molecule has 74 valence electrons. The second-order valence-corrected chi connectivity index (χ2v) is 4.97. The highest BCUT2D eigenvalue weighted by Crippen LogP contribution is 2.38. The summed E-state index contributed by atoms with van der Waals surface area (Å²) in [6.07, 6.45) is 3.79. The van der Waals surface area contributed by atoms with Crippen molar-refractivity contribution in [1.82, 2.24) is 4.90 Å². The molecule has 0 spiro atoms. The van der Waals surface area contributed by atoms with Crippen LogP contribution in [0.25, 0.3) is 0 Å². The Morgan fingerprint density at radius 2 is 2.23 bits per heavy atom. The predicted molar refractivity (Wildman–Crippen MR) is 51.2 cm³/mol. The van der Waals surface area contributed by atoms with Gasteiger partial charge in [0.1, 0.15) is 0 Å². The van der Waals surface area contributed by atoms with Gasteiger partial charge in [-0.15, -0.1) is 0 Å². The van der Waals surface area contributed by atoms with Crippen LogP contribution in [0.3, 0.4) is 0 Å². The number of carbonyl (C=O) groups excluding carboxylic acids is 1. The van der Waals surface area contributed by atoms with Crippen molar-refractivity contribution in [3.63, 3.8) is 0 Å². The van der Waals surface area contributed by atoms with Crippen LogP contribution in [0.4, 0.5) is 0 Å². The van der Waals surface area contributed by atoms with Crippen molar-refractivity contribution >= 4 is 5.91 Å². The van der Waals surface area contributed by atoms with Gasteiger partial charge in [-0.3, -0.25) is 4.79 Å². The number of hydrogen-bond donors (Lipinski definition) is 1. The van der Waals surface area contributed by atoms with Crippen LogP contribution in [0.2, 0.25) is 0 Å². The van der Waals surface area contributed by atoms with E-state index in [1.54, 1.807) is 0 Å². The minimum Gasteiger partial charge on any atom is -0.334 e. The fourth-order valence-electron chi connectivity index (χ4n) is 2.78. The van der Waals surface area contributed by atoms with Crippen LogP contribution in [0.1, 0.15) is 39.5 Å². The monoisotopic (exact) mass is 182 g/mol. The van der Waals surface area contributed by atoms with Crippen LogP contribution < -0.4 is 5.73 Å². The van der Waals surface area contributed by atoms with Crippen molar-refractivity contribution in [2.24, 2.45) is 5.73 Å². The summed E-state index contributed by atoms with van der Waals surface area (Å²) in [5.74, 6) is 0.256. The van der Waals surface area contributed by atoms with E-state index in [-0.39, 0.29) is 17.5 Å². The molecule has 0 saturated carbocycles. The van der Waals surface area contributed by atoms with E-state index >= 15 is 0 Å². The van der Waals surface area contributed by atoms with E-state index in [1.807, 2.05) is 0 Å². The lowest BCUT2D eigenvalue weighted by Crippen LogP contribution is -2.53. The molecule has 2 atom stereocenters. The molecule has 2 heterocycles. The largest absolute Gasteiger partial charge is 0.334 e. The zero-order chi connectivity index (χ0) is 9.64. The molecular weight excluding hydrogens is 164 g/mol. The Hall–Kier alpha value is -0.570. The molecule has 2 N–H and O–H groups in total. The van der Waals surface area contributed by atoms with Crippen molar-refractivity contribution in [2.75, 3.05) is 0 Å². The smallest absolute Gasteiger partial charge is 0.224 e. The highest BCUT2D eigenvalue weighted by molar-refractivity contribution is 5.79. The molecule has 2 unspecified atom stereocenters. The molecular formula is C10H18N2O. The maximum absolute atomic E-state index is 11.7. The highest BCUT2D eigenvalue weighted by atomic mass is 16.2. The zero-order valence-electron chi connectivity index (χ0n) is 8.42. The van der Waals surface area contributed by atoms with Gasteiger partial charge in [-0.2, -0.15) is 0 Å². The molecule has 0 aliphatic carbocycles. The molecule has 0 bridgehead atoms. The number of carbonyl (C=O) groups is 1. The van der Waals surface area contributed by atoms with Gasteiger partial charge in [0, 0.05) is 24.0 Å². The molecule has 3 nitrogen and oxygen atoms in total. The Kier molecular flexibility index (Phi) is 1.88. The van der Waals surface area contributed by atoms with Crippen LogP contribution in [0, 0.1) is 0 Å². The first kappa shape index (κ1) is 9.00. The van der Waals surface area contributed by atoms with Gasteiger partial charge in [0.05, 0.1) is 0 Å². The topological polar surface area (TPSA) is 46.3 Å². The summed E-state index contributed by atoms with van der Waals surface area (Å²) in [5, 5.41) is 0. The molecule has 1 amide bonds. The van der Waals surface area contributed by atoms with Crippen molar-refractivity contribution in [2.45, 2.75) is 57.2 Å². The van der Waals surface area contributed by atoms with E-state index in [0.717, 1.165) is 19.3 Å². The maximum Gasteiger partial charge on any atom is 0.224 e. The van der Waals surface area contributed by atoms with Crippen molar-refractivity contribution in [3.05, 3.63) is 0 Å². The van der Waals surface area contributed by atoms with Gasteiger partial charge in [0.25, 0.3) is 0 Å². The van der Waals surface area contributed by atoms with Gasteiger partial charge >= 0.3 is 0 Å². The molecule has 2 aliphatic rings. The third kappa shape index (κ3) is 1.35. The van der Waals surface area contributed by atoms with Crippen LogP contribution in [-0.4, -0.2) is 28.4 Å². The first-order valence-corrected chi connectivity index (χ1v) is 5.08. The van der Waals surface area contributed by atoms with Gasteiger partial charge in [0.15, 0.2) is 0 Å². The first-order chi connectivity index (χ1) is 6.00. The fourth-order valence-corrected chi connectivity index (χ4v) is 2.78. The molecule has 0 aromatic carbocycles. The van der Waals surface area contributed by atoms with Crippen LogP contribution >= 0.6 is 0 Å². The van der Waals surface area contributed by atoms with E-state index < -0.39 is 0 Å². The SMILES string of the molecule is CC1(C)CCC2CC(N)CC(=O)N21. The molecule has 2 saturated heterocycles. The Morgan fingerprint density at radius 3 is 2.92 bits per heavy atom. The number of piperidine rings is 1. The number of amides is 1. The standard InChI is InChI=1S/C10H18N2O/c1-10(2)4-3-8-5-7(11)6-9(13)12(8)10/h7-8H,3-6,11H2,1-2H3. The summed E-state index contributed by atoms with van der Waals surface area (Å²) >= 11 is 0. The van der Waals surface area contributed by atoms with Crippen LogP contribution in [0.5, 0.6) is 0 Å². The fraction of sp³-hybridized carbons (Fsp3) is 0.900. The minimum atomic E-state index is 0.0713. The number of nitrogens with zero attached hydrogens (tertiary/aromatic N) is 1. The summed E-state index contributed by atoms with van der Waals surface area (Å²) in [4.78, 5) is 13.8. The number of nitrogens with two attached hydrogens (primary N) is 1. The lowest BCUT2D eigenvalue weighted by molar-refractivity contribution is -0.140. The molecule has 13 heavy (non-hydrogen) atoms. The van der Waals surface area contributed by atoms with Crippen LogP contribution in [0.15, 0.2) is 0 Å². The highest BCUT2D eigenvalue weighted by Gasteiger charge is 2.45. The summed E-state index contributed by atoms with van der Waals surface area (Å²) in [7, 11) is 0.